The maximum Gasteiger partial charge on any atom is 0.326 e. The van der Waals surface area contributed by atoms with E-state index in [1.54, 1.807) is 31.2 Å². The van der Waals surface area contributed by atoms with Crippen LogP contribution < -0.4 is 9.47 Å². The molecule has 0 atom stereocenters. The zero-order chi connectivity index (χ0) is 24.7. The van der Waals surface area contributed by atoms with Crippen LogP contribution >= 0.6 is 11.8 Å². The number of hydrogen-bond acceptors (Lipinski definition) is 8. The van der Waals surface area contributed by atoms with Gasteiger partial charge in [-0.1, -0.05) is 6.07 Å². The highest BCUT2D eigenvalue weighted by Gasteiger charge is 2.55. The molecule has 5 aliphatic rings. The molecule has 1 aromatic rings. The van der Waals surface area contributed by atoms with E-state index in [-0.39, 0.29) is 22.9 Å². The number of amides is 2. The van der Waals surface area contributed by atoms with Crippen LogP contribution in [0.1, 0.15) is 51.0 Å². The first kappa shape index (κ1) is 23.9. The van der Waals surface area contributed by atoms with Gasteiger partial charge in [-0.05, 0) is 98.7 Å². The third kappa shape index (κ3) is 4.58. The van der Waals surface area contributed by atoms with Crippen molar-refractivity contribution in [1.29, 1.82) is 0 Å². The molecule has 5 fully saturated rings. The standard InChI is InChI=1S/C26H29NO7S/c1-3-33-22(28)14-27-23(29)21(35-25(27)31)10-15-4-5-19(20(9-15)32-2)34-24(30)26-11-16-6-17(12-26)8-18(7-16)13-26/h4-5,9-10,16-18H,3,6-8,11-14H2,1-2H3/b21-10+. The van der Waals surface area contributed by atoms with Crippen molar-refractivity contribution in [2.45, 2.75) is 45.4 Å². The van der Waals surface area contributed by atoms with E-state index in [1.807, 2.05) is 0 Å². The number of thioether (sulfide) groups is 1. The molecule has 0 N–H and O–H groups in total. The normalized spacial score (nSPS) is 30.2. The topological polar surface area (TPSA) is 99.2 Å². The maximum atomic E-state index is 13.3. The zero-order valence-electron chi connectivity index (χ0n) is 19.9. The number of ether oxygens (including phenoxy) is 3. The summed E-state index contributed by atoms with van der Waals surface area (Å²) in [5, 5.41) is -0.526. The predicted octanol–water partition coefficient (Wildman–Crippen LogP) is 4.42. The summed E-state index contributed by atoms with van der Waals surface area (Å²) in [6, 6.07) is 5.04. The summed E-state index contributed by atoms with van der Waals surface area (Å²) in [6.07, 6.45) is 8.05. The van der Waals surface area contributed by atoms with E-state index >= 15 is 0 Å². The third-order valence-corrected chi connectivity index (χ3v) is 8.53. The van der Waals surface area contributed by atoms with Gasteiger partial charge in [0.25, 0.3) is 11.1 Å². The fourth-order valence-corrected chi connectivity index (χ4v) is 7.39. The van der Waals surface area contributed by atoms with E-state index in [1.165, 1.54) is 26.4 Å². The largest absolute Gasteiger partial charge is 0.493 e. The average molecular weight is 500 g/mol. The number of rotatable bonds is 7. The second kappa shape index (κ2) is 9.33. The zero-order valence-corrected chi connectivity index (χ0v) is 20.7. The summed E-state index contributed by atoms with van der Waals surface area (Å²) in [5.41, 5.74) is 0.230. The molecule has 35 heavy (non-hydrogen) atoms. The van der Waals surface area contributed by atoms with Crippen LogP contribution in [-0.4, -0.2) is 48.2 Å². The first-order valence-corrected chi connectivity index (χ1v) is 12.9. The van der Waals surface area contributed by atoms with Crippen LogP contribution in [0.25, 0.3) is 6.08 Å². The number of methoxy groups -OCH3 is 1. The predicted molar refractivity (Wildman–Crippen MR) is 129 cm³/mol. The van der Waals surface area contributed by atoms with Gasteiger partial charge in [0, 0.05) is 0 Å². The monoisotopic (exact) mass is 499 g/mol. The molecule has 1 aromatic carbocycles. The van der Waals surface area contributed by atoms with Gasteiger partial charge in [-0.15, -0.1) is 0 Å². The van der Waals surface area contributed by atoms with Crippen molar-refractivity contribution < 1.29 is 33.4 Å². The number of hydrogen-bond donors (Lipinski definition) is 0. The molecular weight excluding hydrogens is 470 g/mol. The Labute approximate surface area is 208 Å². The van der Waals surface area contributed by atoms with Crippen LogP contribution in [0, 0.1) is 23.2 Å². The highest BCUT2D eigenvalue weighted by atomic mass is 32.2. The fourth-order valence-electron chi connectivity index (χ4n) is 6.55. The van der Waals surface area contributed by atoms with E-state index in [4.69, 9.17) is 14.2 Å². The molecule has 1 heterocycles. The van der Waals surface area contributed by atoms with Crippen LogP contribution in [0.2, 0.25) is 0 Å². The Balaban J connectivity index is 1.30. The van der Waals surface area contributed by atoms with E-state index in [0.29, 0.717) is 34.8 Å². The first-order chi connectivity index (χ1) is 16.8. The molecule has 0 spiro atoms. The lowest BCUT2D eigenvalue weighted by atomic mass is 9.49. The Kier molecular flexibility index (Phi) is 6.38. The summed E-state index contributed by atoms with van der Waals surface area (Å²) in [5.74, 6) is 1.28. The van der Waals surface area contributed by atoms with E-state index in [9.17, 15) is 19.2 Å². The summed E-state index contributed by atoms with van der Waals surface area (Å²) in [7, 11) is 1.49. The molecule has 4 bridgehead atoms. The highest BCUT2D eigenvalue weighted by molar-refractivity contribution is 8.18. The van der Waals surface area contributed by atoms with Crippen molar-refractivity contribution >= 4 is 40.9 Å². The van der Waals surface area contributed by atoms with Crippen molar-refractivity contribution in [3.63, 3.8) is 0 Å². The Morgan fingerprint density at radius 3 is 2.34 bits per heavy atom. The van der Waals surface area contributed by atoms with Gasteiger partial charge in [-0.3, -0.25) is 24.1 Å². The van der Waals surface area contributed by atoms with Crippen LogP contribution in [-0.2, 0) is 19.1 Å². The minimum absolute atomic E-state index is 0.164. The molecule has 1 saturated heterocycles. The number of carbonyl (C=O) groups is 4. The molecule has 6 rings (SSSR count). The average Bonchev–Trinajstić information content (AvgIpc) is 3.06. The molecular formula is C26H29NO7S. The van der Waals surface area contributed by atoms with Crippen molar-refractivity contribution in [2.75, 3.05) is 20.3 Å². The van der Waals surface area contributed by atoms with Crippen molar-refractivity contribution in [2.24, 2.45) is 23.2 Å². The quantitative estimate of drug-likeness (QED) is 0.309. The van der Waals surface area contributed by atoms with Crippen LogP contribution in [0.3, 0.4) is 0 Å². The van der Waals surface area contributed by atoms with Crippen LogP contribution in [0.15, 0.2) is 23.1 Å². The molecule has 9 heteroatoms. The highest BCUT2D eigenvalue weighted by Crippen LogP contribution is 2.60. The Morgan fingerprint density at radius 1 is 1.09 bits per heavy atom. The van der Waals surface area contributed by atoms with Gasteiger partial charge in [0.2, 0.25) is 0 Å². The summed E-state index contributed by atoms with van der Waals surface area (Å²) in [6.45, 7) is 1.41. The van der Waals surface area contributed by atoms with E-state index < -0.39 is 23.7 Å². The Bertz CT molecular complexity index is 1080. The molecule has 8 nitrogen and oxygen atoms in total. The van der Waals surface area contributed by atoms with Gasteiger partial charge in [0.05, 0.1) is 24.0 Å². The number of carbonyl (C=O) groups excluding carboxylic acids is 4. The molecule has 0 aromatic heterocycles. The molecule has 0 unspecified atom stereocenters. The summed E-state index contributed by atoms with van der Waals surface area (Å²) < 4.78 is 16.2. The van der Waals surface area contributed by atoms with Gasteiger partial charge in [-0.2, -0.15) is 0 Å². The van der Waals surface area contributed by atoms with Gasteiger partial charge >= 0.3 is 11.9 Å². The van der Waals surface area contributed by atoms with Gasteiger partial charge in [0.1, 0.15) is 6.54 Å². The number of benzene rings is 1. The second-order valence-corrected chi connectivity index (χ2v) is 11.1. The third-order valence-electron chi connectivity index (χ3n) is 7.63. The molecule has 186 valence electrons. The van der Waals surface area contributed by atoms with Gasteiger partial charge < -0.3 is 14.2 Å². The Hall–Kier alpha value is -2.81. The van der Waals surface area contributed by atoms with E-state index in [0.717, 1.165) is 35.9 Å². The summed E-state index contributed by atoms with van der Waals surface area (Å²) >= 11 is 0.762. The molecule has 0 radical (unpaired) electrons. The minimum atomic E-state index is -0.636. The number of nitrogens with zero attached hydrogens (tertiary/aromatic N) is 1. The van der Waals surface area contributed by atoms with Gasteiger partial charge in [-0.25, -0.2) is 0 Å². The number of esters is 2. The fraction of sp³-hybridized carbons (Fsp3) is 0.538. The smallest absolute Gasteiger partial charge is 0.326 e. The minimum Gasteiger partial charge on any atom is -0.493 e. The SMILES string of the molecule is CCOC(=O)CN1C(=O)S/C(=C/c2ccc(OC(=O)C34CC5CC(CC(C5)C3)C4)c(OC)c2)C1=O. The van der Waals surface area contributed by atoms with E-state index in [2.05, 4.69) is 0 Å². The van der Waals surface area contributed by atoms with Crippen molar-refractivity contribution in [3.8, 4) is 11.5 Å². The summed E-state index contributed by atoms with van der Waals surface area (Å²) in [4.78, 5) is 51.0. The lowest BCUT2D eigenvalue weighted by Gasteiger charge is -2.55. The molecule has 2 amide bonds. The molecule has 4 saturated carbocycles. The maximum absolute atomic E-state index is 13.3. The second-order valence-electron chi connectivity index (χ2n) is 10.1. The van der Waals surface area contributed by atoms with Crippen LogP contribution in [0.5, 0.6) is 11.5 Å². The van der Waals surface area contributed by atoms with Crippen molar-refractivity contribution in [3.05, 3.63) is 28.7 Å². The lowest BCUT2D eigenvalue weighted by molar-refractivity contribution is -0.161. The van der Waals surface area contributed by atoms with Gasteiger partial charge in [0.15, 0.2) is 11.5 Å². The molecule has 1 aliphatic heterocycles. The first-order valence-electron chi connectivity index (χ1n) is 12.1. The Morgan fingerprint density at radius 2 is 1.74 bits per heavy atom. The lowest BCUT2D eigenvalue weighted by Crippen LogP contribution is -2.51. The number of imide groups is 1. The molecule has 4 aliphatic carbocycles. The van der Waals surface area contributed by atoms with Crippen molar-refractivity contribution in [1.82, 2.24) is 4.90 Å². The van der Waals surface area contributed by atoms with Crippen LogP contribution in [0.4, 0.5) is 4.79 Å².